The number of fused-ring (bicyclic) bond motifs is 1. The Morgan fingerprint density at radius 1 is 1.22 bits per heavy atom. The molecule has 0 aromatic heterocycles. The lowest BCUT2D eigenvalue weighted by Crippen LogP contribution is -2.52. The van der Waals surface area contributed by atoms with E-state index in [1.165, 1.54) is 0 Å². The minimum atomic E-state index is -0.0437. The third-order valence-corrected chi connectivity index (χ3v) is 5.69. The average molecular weight is 254 g/mol. The van der Waals surface area contributed by atoms with Gasteiger partial charge < -0.3 is 15.3 Å². The van der Waals surface area contributed by atoms with Crippen LogP contribution in [0.15, 0.2) is 11.6 Å². The van der Waals surface area contributed by atoms with Gasteiger partial charge in [0.1, 0.15) is 0 Å². The van der Waals surface area contributed by atoms with Crippen molar-refractivity contribution in [1.82, 2.24) is 0 Å². The first-order valence-electron chi connectivity index (χ1n) is 7.03. The van der Waals surface area contributed by atoms with Crippen LogP contribution in [0.4, 0.5) is 0 Å². The number of aliphatic hydroxyl groups is 3. The van der Waals surface area contributed by atoms with Gasteiger partial charge in [-0.15, -0.1) is 0 Å². The Labute approximate surface area is 110 Å². The van der Waals surface area contributed by atoms with Crippen LogP contribution in [0.25, 0.3) is 0 Å². The maximum absolute atomic E-state index is 9.75. The van der Waals surface area contributed by atoms with Gasteiger partial charge in [-0.2, -0.15) is 0 Å². The molecule has 0 aliphatic heterocycles. The third kappa shape index (κ3) is 1.93. The van der Waals surface area contributed by atoms with E-state index in [4.69, 9.17) is 0 Å². The van der Waals surface area contributed by atoms with Crippen molar-refractivity contribution < 1.29 is 15.3 Å². The van der Waals surface area contributed by atoms with Crippen molar-refractivity contribution in [2.45, 2.75) is 39.5 Å². The molecule has 18 heavy (non-hydrogen) atoms. The summed E-state index contributed by atoms with van der Waals surface area (Å²) < 4.78 is 0. The van der Waals surface area contributed by atoms with Gasteiger partial charge in [-0.25, -0.2) is 0 Å². The van der Waals surface area contributed by atoms with Crippen LogP contribution in [-0.2, 0) is 0 Å². The molecule has 0 aromatic carbocycles. The van der Waals surface area contributed by atoms with E-state index in [9.17, 15) is 15.3 Å². The van der Waals surface area contributed by atoms with Gasteiger partial charge in [0.15, 0.2) is 0 Å². The molecule has 0 amide bonds. The fourth-order valence-electron chi connectivity index (χ4n) is 4.51. The zero-order valence-corrected chi connectivity index (χ0v) is 11.5. The summed E-state index contributed by atoms with van der Waals surface area (Å²) in [5.74, 6) is 0.448. The van der Waals surface area contributed by atoms with Crippen molar-refractivity contribution in [3.05, 3.63) is 11.6 Å². The van der Waals surface area contributed by atoms with Crippen LogP contribution in [0.5, 0.6) is 0 Å². The average Bonchev–Trinajstić information content (AvgIpc) is 2.37. The number of rotatable bonds is 3. The summed E-state index contributed by atoms with van der Waals surface area (Å²) in [6.45, 7) is 4.76. The zero-order chi connectivity index (χ0) is 13.4. The van der Waals surface area contributed by atoms with Gasteiger partial charge in [-0.1, -0.05) is 26.3 Å². The maximum Gasteiger partial charge on any atom is 0.0645 e. The fraction of sp³-hybridized carbons (Fsp3) is 0.867. The standard InChI is InChI=1S/C15H26O3/c1-14(10-18)6-3-7-15(2)12(9-17)11(8-16)4-5-13(14)15/h4,12-13,16-18H,3,5-10H2,1-2H3/t12-,13-,14+,15+/m0/s1. The van der Waals surface area contributed by atoms with Crippen LogP contribution in [0, 0.1) is 22.7 Å². The van der Waals surface area contributed by atoms with Crippen LogP contribution in [0.2, 0.25) is 0 Å². The normalized spacial score (nSPS) is 44.4. The first-order chi connectivity index (χ1) is 8.51. The Kier molecular flexibility index (Phi) is 3.86. The lowest BCUT2D eigenvalue weighted by molar-refractivity contribution is -0.0837. The minimum absolute atomic E-state index is 0.0112. The van der Waals surface area contributed by atoms with E-state index >= 15 is 0 Å². The van der Waals surface area contributed by atoms with Crippen LogP contribution < -0.4 is 0 Å². The molecule has 0 bridgehead atoms. The lowest BCUT2D eigenvalue weighted by atomic mass is 9.48. The molecule has 0 spiro atoms. The third-order valence-electron chi connectivity index (χ3n) is 5.69. The predicted molar refractivity (Wildman–Crippen MR) is 71.0 cm³/mol. The molecule has 0 radical (unpaired) electrons. The van der Waals surface area contributed by atoms with Gasteiger partial charge in [-0.3, -0.25) is 0 Å². The Hall–Kier alpha value is -0.380. The molecule has 104 valence electrons. The van der Waals surface area contributed by atoms with Gasteiger partial charge in [0, 0.05) is 12.5 Å². The molecule has 0 aromatic rings. The van der Waals surface area contributed by atoms with Crippen LogP contribution in [0.3, 0.4) is 0 Å². The highest BCUT2D eigenvalue weighted by Crippen LogP contribution is 2.59. The molecular weight excluding hydrogens is 228 g/mol. The van der Waals surface area contributed by atoms with Crippen molar-refractivity contribution in [2.24, 2.45) is 22.7 Å². The number of allylic oxidation sites excluding steroid dienone is 1. The highest BCUT2D eigenvalue weighted by atomic mass is 16.3. The first-order valence-corrected chi connectivity index (χ1v) is 7.03. The second-order valence-electron chi connectivity index (χ2n) is 6.63. The largest absolute Gasteiger partial charge is 0.396 e. The highest BCUT2D eigenvalue weighted by Gasteiger charge is 2.53. The van der Waals surface area contributed by atoms with E-state index in [0.717, 1.165) is 31.3 Å². The molecule has 4 atom stereocenters. The smallest absolute Gasteiger partial charge is 0.0645 e. The molecule has 2 aliphatic rings. The van der Waals surface area contributed by atoms with Gasteiger partial charge in [-0.05, 0) is 41.6 Å². The maximum atomic E-state index is 9.75. The van der Waals surface area contributed by atoms with Crippen LogP contribution >= 0.6 is 0 Å². The molecule has 1 fully saturated rings. The molecule has 3 N–H and O–H groups in total. The number of hydrogen-bond donors (Lipinski definition) is 3. The Morgan fingerprint density at radius 3 is 2.50 bits per heavy atom. The van der Waals surface area contributed by atoms with E-state index in [1.54, 1.807) is 0 Å². The second kappa shape index (κ2) is 4.95. The van der Waals surface area contributed by atoms with Gasteiger partial charge in [0.2, 0.25) is 0 Å². The van der Waals surface area contributed by atoms with Gasteiger partial charge in [0.25, 0.3) is 0 Å². The summed E-state index contributed by atoms with van der Waals surface area (Å²) in [4.78, 5) is 0. The monoisotopic (exact) mass is 254 g/mol. The van der Waals surface area contributed by atoms with Crippen molar-refractivity contribution in [3.8, 4) is 0 Å². The summed E-state index contributed by atoms with van der Waals surface area (Å²) in [5, 5.41) is 28.9. The number of hydrogen-bond acceptors (Lipinski definition) is 3. The van der Waals surface area contributed by atoms with Crippen LogP contribution in [0.1, 0.15) is 39.5 Å². The first kappa shape index (κ1) is 14.0. The van der Waals surface area contributed by atoms with Gasteiger partial charge in [0.05, 0.1) is 13.2 Å². The van der Waals surface area contributed by atoms with E-state index < -0.39 is 0 Å². The minimum Gasteiger partial charge on any atom is -0.396 e. The molecule has 1 saturated carbocycles. The highest BCUT2D eigenvalue weighted by molar-refractivity contribution is 5.20. The van der Waals surface area contributed by atoms with Crippen LogP contribution in [-0.4, -0.2) is 35.1 Å². The van der Waals surface area contributed by atoms with E-state index in [-0.39, 0.29) is 36.6 Å². The van der Waals surface area contributed by atoms with E-state index in [2.05, 4.69) is 19.9 Å². The molecular formula is C15H26O3. The van der Waals surface area contributed by atoms with Gasteiger partial charge >= 0.3 is 0 Å². The Balaban J connectivity index is 2.39. The Bertz CT molecular complexity index is 339. The fourth-order valence-corrected chi connectivity index (χ4v) is 4.51. The van der Waals surface area contributed by atoms with Crippen molar-refractivity contribution in [1.29, 1.82) is 0 Å². The van der Waals surface area contributed by atoms with E-state index in [1.807, 2.05) is 0 Å². The molecule has 0 unspecified atom stereocenters. The van der Waals surface area contributed by atoms with Crippen molar-refractivity contribution in [2.75, 3.05) is 19.8 Å². The molecule has 0 heterocycles. The molecule has 2 aliphatic carbocycles. The predicted octanol–water partition coefficient (Wildman–Crippen LogP) is 1.72. The van der Waals surface area contributed by atoms with E-state index in [0.29, 0.717) is 5.92 Å². The quantitative estimate of drug-likeness (QED) is 0.672. The molecule has 3 nitrogen and oxygen atoms in total. The second-order valence-corrected chi connectivity index (χ2v) is 6.63. The summed E-state index contributed by atoms with van der Waals surface area (Å²) in [6.07, 6.45) is 6.24. The zero-order valence-electron chi connectivity index (χ0n) is 11.5. The van der Waals surface area contributed by atoms with Crippen molar-refractivity contribution >= 4 is 0 Å². The topological polar surface area (TPSA) is 60.7 Å². The molecule has 3 heteroatoms. The summed E-state index contributed by atoms with van der Waals surface area (Å²) in [5.41, 5.74) is 0.952. The number of aliphatic hydroxyl groups excluding tert-OH is 3. The Morgan fingerprint density at radius 2 is 1.94 bits per heavy atom. The van der Waals surface area contributed by atoms with Crippen molar-refractivity contribution in [3.63, 3.8) is 0 Å². The molecule has 0 saturated heterocycles. The summed E-state index contributed by atoms with van der Waals surface area (Å²) in [7, 11) is 0. The molecule has 2 rings (SSSR count). The summed E-state index contributed by atoms with van der Waals surface area (Å²) >= 11 is 0. The summed E-state index contributed by atoms with van der Waals surface area (Å²) in [6, 6.07) is 0. The lowest BCUT2D eigenvalue weighted by Gasteiger charge is -2.57. The SMILES string of the molecule is C[C@]1(CO)CCC[C@]2(C)[C@@H](CO)C(CO)=CC[C@@H]12.